The highest BCUT2D eigenvalue weighted by atomic mass is 32.2. The number of hydrogen-bond donors (Lipinski definition) is 1. The zero-order valence-electron chi connectivity index (χ0n) is 4.13. The Morgan fingerprint density at radius 2 is 2.57 bits per heavy atom. The first-order chi connectivity index (χ1) is 3.39. The monoisotopic (exact) mass is 115 g/mol. The summed E-state index contributed by atoms with van der Waals surface area (Å²) in [6, 6.07) is 0.334. The third-order valence-corrected chi connectivity index (χ3v) is 1.81. The molecule has 0 aromatic heterocycles. The summed E-state index contributed by atoms with van der Waals surface area (Å²) in [5.41, 5.74) is 5.53. The lowest BCUT2D eigenvalue weighted by Gasteiger charge is -2.08. The summed E-state index contributed by atoms with van der Waals surface area (Å²) in [6.45, 7) is 0. The predicted molar refractivity (Wildman–Crippen MR) is 34.2 cm³/mol. The summed E-state index contributed by atoms with van der Waals surface area (Å²) in [7, 11) is 0. The number of nitrogens with two attached hydrogens (primary N) is 1. The van der Waals surface area contributed by atoms with Crippen LogP contribution in [-0.2, 0) is 0 Å². The fourth-order valence-corrected chi connectivity index (χ4v) is 1.38. The van der Waals surface area contributed by atoms with Gasteiger partial charge in [0.05, 0.1) is 0 Å². The third-order valence-electron chi connectivity index (χ3n) is 0.991. The SMILES string of the molecule is NC1C=CSCC1. The minimum Gasteiger partial charge on any atom is -0.324 e. The summed E-state index contributed by atoms with van der Waals surface area (Å²) < 4.78 is 0. The highest BCUT2D eigenvalue weighted by Gasteiger charge is 1.99. The molecule has 1 nitrogen and oxygen atoms in total. The van der Waals surface area contributed by atoms with Gasteiger partial charge in [0.15, 0.2) is 0 Å². The summed E-state index contributed by atoms with van der Waals surface area (Å²) >= 11 is 1.84. The quantitative estimate of drug-likeness (QED) is 0.509. The van der Waals surface area contributed by atoms with Gasteiger partial charge in [-0.3, -0.25) is 0 Å². The van der Waals surface area contributed by atoms with E-state index in [4.69, 9.17) is 5.73 Å². The van der Waals surface area contributed by atoms with E-state index in [-0.39, 0.29) is 0 Å². The molecule has 0 fully saturated rings. The lowest BCUT2D eigenvalue weighted by Crippen LogP contribution is -2.18. The molecule has 1 rings (SSSR count). The molecular formula is C5H9NS. The van der Waals surface area contributed by atoms with E-state index in [0.29, 0.717) is 6.04 Å². The van der Waals surface area contributed by atoms with Crippen LogP contribution in [0.5, 0.6) is 0 Å². The van der Waals surface area contributed by atoms with Crippen LogP contribution in [0, 0.1) is 0 Å². The van der Waals surface area contributed by atoms with Gasteiger partial charge in [-0.15, -0.1) is 11.8 Å². The molecule has 0 aromatic rings. The van der Waals surface area contributed by atoms with Crippen LogP contribution in [0.15, 0.2) is 11.5 Å². The predicted octanol–water partition coefficient (Wildman–Crippen LogP) is 0.964. The molecule has 0 aliphatic carbocycles. The molecule has 1 atom stereocenters. The van der Waals surface area contributed by atoms with E-state index in [9.17, 15) is 0 Å². The van der Waals surface area contributed by atoms with Gasteiger partial charge in [0.2, 0.25) is 0 Å². The highest BCUT2D eigenvalue weighted by Crippen LogP contribution is 2.11. The first kappa shape index (κ1) is 5.19. The Morgan fingerprint density at radius 1 is 1.71 bits per heavy atom. The molecule has 0 aromatic carbocycles. The van der Waals surface area contributed by atoms with Crippen LogP contribution in [0.1, 0.15) is 6.42 Å². The maximum Gasteiger partial charge on any atom is 0.0239 e. The first-order valence-corrected chi connectivity index (χ1v) is 3.48. The van der Waals surface area contributed by atoms with Crippen molar-refractivity contribution in [2.45, 2.75) is 12.5 Å². The molecular weight excluding hydrogens is 106 g/mol. The fourth-order valence-electron chi connectivity index (χ4n) is 0.525. The van der Waals surface area contributed by atoms with Crippen LogP contribution in [0.2, 0.25) is 0 Å². The Bertz CT molecular complexity index is 80.1. The number of rotatable bonds is 0. The third kappa shape index (κ3) is 1.53. The maximum absolute atomic E-state index is 5.53. The van der Waals surface area contributed by atoms with Crippen molar-refractivity contribution in [3.63, 3.8) is 0 Å². The van der Waals surface area contributed by atoms with E-state index < -0.39 is 0 Å². The van der Waals surface area contributed by atoms with E-state index in [1.165, 1.54) is 5.75 Å². The van der Waals surface area contributed by atoms with E-state index in [2.05, 4.69) is 5.41 Å². The van der Waals surface area contributed by atoms with Crippen molar-refractivity contribution in [2.75, 3.05) is 5.75 Å². The van der Waals surface area contributed by atoms with Crippen LogP contribution in [0.4, 0.5) is 0 Å². The molecule has 0 radical (unpaired) electrons. The average Bonchev–Trinajstić information content (AvgIpc) is 1.69. The van der Waals surface area contributed by atoms with Gasteiger partial charge in [-0.1, -0.05) is 6.08 Å². The second-order valence-corrected chi connectivity index (χ2v) is 2.67. The molecule has 2 N–H and O–H groups in total. The van der Waals surface area contributed by atoms with Gasteiger partial charge < -0.3 is 5.73 Å². The zero-order valence-corrected chi connectivity index (χ0v) is 4.95. The molecule has 1 aliphatic rings. The molecule has 7 heavy (non-hydrogen) atoms. The van der Waals surface area contributed by atoms with Crippen LogP contribution >= 0.6 is 11.8 Å². The Hall–Kier alpha value is 0.0500. The van der Waals surface area contributed by atoms with Crippen LogP contribution in [-0.4, -0.2) is 11.8 Å². The van der Waals surface area contributed by atoms with Crippen molar-refractivity contribution < 1.29 is 0 Å². The molecule has 0 saturated carbocycles. The van der Waals surface area contributed by atoms with Gasteiger partial charge in [0.25, 0.3) is 0 Å². The van der Waals surface area contributed by atoms with Gasteiger partial charge in [-0.05, 0) is 17.6 Å². The molecule has 0 saturated heterocycles. The molecule has 1 unspecified atom stereocenters. The summed E-state index contributed by atoms with van der Waals surface area (Å²) in [5, 5.41) is 2.08. The Kier molecular flexibility index (Phi) is 1.77. The van der Waals surface area contributed by atoms with Gasteiger partial charge in [-0.2, -0.15) is 0 Å². The van der Waals surface area contributed by atoms with E-state index in [1.54, 1.807) is 0 Å². The average molecular weight is 115 g/mol. The van der Waals surface area contributed by atoms with Crippen molar-refractivity contribution in [3.05, 3.63) is 11.5 Å². The van der Waals surface area contributed by atoms with E-state index in [1.807, 2.05) is 17.8 Å². The van der Waals surface area contributed by atoms with E-state index in [0.717, 1.165) is 6.42 Å². The molecule has 0 spiro atoms. The fraction of sp³-hybridized carbons (Fsp3) is 0.600. The smallest absolute Gasteiger partial charge is 0.0239 e. The molecule has 2 heteroatoms. The molecule has 1 aliphatic heterocycles. The normalized spacial score (nSPS) is 30.7. The minimum absolute atomic E-state index is 0.334. The summed E-state index contributed by atoms with van der Waals surface area (Å²) in [5.74, 6) is 1.19. The molecule has 0 bridgehead atoms. The zero-order chi connectivity index (χ0) is 5.11. The van der Waals surface area contributed by atoms with Gasteiger partial charge in [0, 0.05) is 6.04 Å². The maximum atomic E-state index is 5.53. The highest BCUT2D eigenvalue weighted by molar-refractivity contribution is 8.02. The molecule has 0 amide bonds. The lowest BCUT2D eigenvalue weighted by molar-refractivity contribution is 0.787. The van der Waals surface area contributed by atoms with Crippen LogP contribution in [0.25, 0.3) is 0 Å². The van der Waals surface area contributed by atoms with Gasteiger partial charge >= 0.3 is 0 Å². The minimum atomic E-state index is 0.334. The molecule has 40 valence electrons. The number of thioether (sulfide) groups is 1. The second kappa shape index (κ2) is 2.38. The lowest BCUT2D eigenvalue weighted by atomic mass is 10.2. The number of hydrogen-bond acceptors (Lipinski definition) is 2. The van der Waals surface area contributed by atoms with Crippen LogP contribution in [0.3, 0.4) is 0 Å². The standard InChI is InChI=1S/C5H9NS/c6-5-1-3-7-4-2-5/h1,3,5H,2,4,6H2. The summed E-state index contributed by atoms with van der Waals surface area (Å²) in [6.07, 6.45) is 3.19. The van der Waals surface area contributed by atoms with Crippen molar-refractivity contribution >= 4 is 11.8 Å². The molecule has 1 heterocycles. The largest absolute Gasteiger partial charge is 0.324 e. The Balaban J connectivity index is 2.36. The van der Waals surface area contributed by atoms with Gasteiger partial charge in [-0.25, -0.2) is 0 Å². The van der Waals surface area contributed by atoms with E-state index >= 15 is 0 Å². The first-order valence-electron chi connectivity index (χ1n) is 2.43. The van der Waals surface area contributed by atoms with Crippen molar-refractivity contribution in [1.82, 2.24) is 0 Å². The Labute approximate surface area is 48.0 Å². The topological polar surface area (TPSA) is 26.0 Å². The second-order valence-electron chi connectivity index (χ2n) is 1.65. The Morgan fingerprint density at radius 3 is 2.86 bits per heavy atom. The van der Waals surface area contributed by atoms with Gasteiger partial charge in [0.1, 0.15) is 0 Å². The summed E-state index contributed by atoms with van der Waals surface area (Å²) in [4.78, 5) is 0. The van der Waals surface area contributed by atoms with Crippen molar-refractivity contribution in [2.24, 2.45) is 5.73 Å². The van der Waals surface area contributed by atoms with Crippen molar-refractivity contribution in [1.29, 1.82) is 0 Å². The van der Waals surface area contributed by atoms with Crippen LogP contribution < -0.4 is 5.73 Å². The van der Waals surface area contributed by atoms with Crippen molar-refractivity contribution in [3.8, 4) is 0 Å².